The standard InChI is InChI=1S/C11H19ClN4/c1-5-11(2,8-12)15-9-6-7-13-10(14-9)16(3)4/h6-7H,5,8H2,1-4H3,(H,13,14,15). The molecule has 0 bridgehead atoms. The van der Waals surface area contributed by atoms with Gasteiger partial charge < -0.3 is 10.2 Å². The summed E-state index contributed by atoms with van der Waals surface area (Å²) in [6.07, 6.45) is 2.69. The fourth-order valence-corrected chi connectivity index (χ4v) is 1.41. The second kappa shape index (κ2) is 5.34. The van der Waals surface area contributed by atoms with Crippen molar-refractivity contribution < 1.29 is 0 Å². The maximum atomic E-state index is 5.94. The Hall–Kier alpha value is -1.03. The van der Waals surface area contributed by atoms with E-state index in [2.05, 4.69) is 29.1 Å². The molecule has 1 unspecified atom stereocenters. The third-order valence-electron chi connectivity index (χ3n) is 2.55. The van der Waals surface area contributed by atoms with Crippen LogP contribution >= 0.6 is 11.6 Å². The zero-order chi connectivity index (χ0) is 12.2. The quantitative estimate of drug-likeness (QED) is 0.805. The molecular weight excluding hydrogens is 224 g/mol. The van der Waals surface area contributed by atoms with Gasteiger partial charge in [0.25, 0.3) is 0 Å². The van der Waals surface area contributed by atoms with Gasteiger partial charge >= 0.3 is 0 Å². The van der Waals surface area contributed by atoms with Crippen molar-refractivity contribution in [2.45, 2.75) is 25.8 Å². The molecule has 1 aromatic rings. The van der Waals surface area contributed by atoms with E-state index in [0.29, 0.717) is 11.8 Å². The van der Waals surface area contributed by atoms with Crippen LogP contribution in [0.15, 0.2) is 12.3 Å². The molecule has 0 aliphatic rings. The summed E-state index contributed by atoms with van der Waals surface area (Å²) in [4.78, 5) is 10.4. The first-order valence-corrected chi connectivity index (χ1v) is 5.89. The maximum absolute atomic E-state index is 5.94. The summed E-state index contributed by atoms with van der Waals surface area (Å²) in [6.45, 7) is 4.18. The molecule has 0 aliphatic heterocycles. The van der Waals surface area contributed by atoms with E-state index < -0.39 is 0 Å². The Morgan fingerprint density at radius 1 is 1.50 bits per heavy atom. The summed E-state index contributed by atoms with van der Waals surface area (Å²) in [6, 6.07) is 1.85. The molecule has 0 fully saturated rings. The van der Waals surface area contributed by atoms with Gasteiger partial charge in [0, 0.05) is 31.7 Å². The molecule has 0 aromatic carbocycles. The minimum Gasteiger partial charge on any atom is -0.364 e. The summed E-state index contributed by atoms with van der Waals surface area (Å²) in [5.41, 5.74) is -0.126. The number of rotatable bonds is 5. The van der Waals surface area contributed by atoms with Crippen molar-refractivity contribution in [3.05, 3.63) is 12.3 Å². The highest BCUT2D eigenvalue weighted by atomic mass is 35.5. The molecular formula is C11H19ClN4. The van der Waals surface area contributed by atoms with Crippen LogP contribution in [0.5, 0.6) is 0 Å². The Morgan fingerprint density at radius 3 is 2.69 bits per heavy atom. The van der Waals surface area contributed by atoms with E-state index in [4.69, 9.17) is 11.6 Å². The van der Waals surface area contributed by atoms with E-state index in [1.807, 2.05) is 25.1 Å². The lowest BCUT2D eigenvalue weighted by Crippen LogP contribution is -2.36. The minimum atomic E-state index is -0.126. The van der Waals surface area contributed by atoms with Gasteiger partial charge in [-0.25, -0.2) is 4.98 Å². The molecule has 16 heavy (non-hydrogen) atoms. The normalized spacial score (nSPS) is 14.3. The summed E-state index contributed by atoms with van der Waals surface area (Å²) >= 11 is 5.94. The molecule has 90 valence electrons. The van der Waals surface area contributed by atoms with Crippen LogP contribution in [0.2, 0.25) is 0 Å². The number of halogens is 1. The largest absolute Gasteiger partial charge is 0.364 e. The maximum Gasteiger partial charge on any atom is 0.226 e. The SMILES string of the molecule is CCC(C)(CCl)Nc1ccnc(N(C)C)n1. The van der Waals surface area contributed by atoms with E-state index in [0.717, 1.165) is 12.2 Å². The summed E-state index contributed by atoms with van der Waals surface area (Å²) < 4.78 is 0. The van der Waals surface area contributed by atoms with Gasteiger partial charge in [-0.05, 0) is 19.4 Å². The number of alkyl halides is 1. The van der Waals surface area contributed by atoms with Crippen molar-refractivity contribution in [2.24, 2.45) is 0 Å². The molecule has 1 atom stereocenters. The van der Waals surface area contributed by atoms with Crippen molar-refractivity contribution in [3.8, 4) is 0 Å². The molecule has 4 nitrogen and oxygen atoms in total. The van der Waals surface area contributed by atoms with Crippen molar-refractivity contribution in [1.29, 1.82) is 0 Å². The van der Waals surface area contributed by atoms with Crippen LogP contribution in [0.4, 0.5) is 11.8 Å². The zero-order valence-electron chi connectivity index (χ0n) is 10.3. The van der Waals surface area contributed by atoms with Gasteiger partial charge in [-0.15, -0.1) is 11.6 Å². The van der Waals surface area contributed by atoms with Crippen LogP contribution in [-0.2, 0) is 0 Å². The fourth-order valence-electron chi connectivity index (χ4n) is 1.16. The third-order valence-corrected chi connectivity index (χ3v) is 3.14. The lowest BCUT2D eigenvalue weighted by atomic mass is 10.0. The molecule has 0 spiro atoms. The monoisotopic (exact) mass is 242 g/mol. The number of hydrogen-bond acceptors (Lipinski definition) is 4. The highest BCUT2D eigenvalue weighted by Crippen LogP contribution is 2.19. The van der Waals surface area contributed by atoms with E-state index in [9.17, 15) is 0 Å². The first kappa shape index (κ1) is 13.0. The molecule has 0 radical (unpaired) electrons. The number of aromatic nitrogens is 2. The van der Waals surface area contributed by atoms with Crippen LogP contribution in [0.3, 0.4) is 0 Å². The van der Waals surface area contributed by atoms with Gasteiger partial charge in [0.15, 0.2) is 0 Å². The first-order valence-electron chi connectivity index (χ1n) is 5.35. The van der Waals surface area contributed by atoms with Crippen LogP contribution in [0, 0.1) is 0 Å². The lowest BCUT2D eigenvalue weighted by Gasteiger charge is -2.28. The van der Waals surface area contributed by atoms with Gasteiger partial charge in [0.1, 0.15) is 5.82 Å². The van der Waals surface area contributed by atoms with Crippen molar-refractivity contribution in [1.82, 2.24) is 9.97 Å². The zero-order valence-corrected chi connectivity index (χ0v) is 11.0. The van der Waals surface area contributed by atoms with Gasteiger partial charge in [0.05, 0.1) is 0 Å². The number of nitrogens with one attached hydrogen (secondary N) is 1. The van der Waals surface area contributed by atoms with E-state index >= 15 is 0 Å². The van der Waals surface area contributed by atoms with Crippen molar-refractivity contribution in [3.63, 3.8) is 0 Å². The smallest absolute Gasteiger partial charge is 0.226 e. The summed E-state index contributed by atoms with van der Waals surface area (Å²) in [7, 11) is 3.83. The van der Waals surface area contributed by atoms with E-state index in [1.54, 1.807) is 6.20 Å². The second-order valence-electron chi connectivity index (χ2n) is 4.31. The Balaban J connectivity index is 2.85. The van der Waals surface area contributed by atoms with Gasteiger partial charge in [-0.2, -0.15) is 4.98 Å². The molecule has 1 aromatic heterocycles. The average molecular weight is 243 g/mol. The Labute approximate surface area is 102 Å². The van der Waals surface area contributed by atoms with Crippen LogP contribution in [0.25, 0.3) is 0 Å². The van der Waals surface area contributed by atoms with Crippen LogP contribution in [-0.4, -0.2) is 35.5 Å². The van der Waals surface area contributed by atoms with E-state index in [-0.39, 0.29) is 5.54 Å². The third kappa shape index (κ3) is 3.23. The average Bonchev–Trinajstić information content (AvgIpc) is 2.29. The minimum absolute atomic E-state index is 0.126. The predicted octanol–water partition coefficient (Wildman–Crippen LogP) is 2.36. The Bertz CT molecular complexity index is 337. The molecule has 1 heterocycles. The number of hydrogen-bond donors (Lipinski definition) is 1. The first-order chi connectivity index (χ1) is 7.50. The van der Waals surface area contributed by atoms with Crippen molar-refractivity contribution in [2.75, 3.05) is 30.2 Å². The highest BCUT2D eigenvalue weighted by Gasteiger charge is 2.20. The fraction of sp³-hybridized carbons (Fsp3) is 0.636. The van der Waals surface area contributed by atoms with Gasteiger partial charge in [-0.3, -0.25) is 0 Å². The predicted molar refractivity (Wildman–Crippen MR) is 69.4 cm³/mol. The van der Waals surface area contributed by atoms with Crippen molar-refractivity contribution >= 4 is 23.4 Å². The Morgan fingerprint density at radius 2 is 2.19 bits per heavy atom. The van der Waals surface area contributed by atoms with E-state index in [1.165, 1.54) is 0 Å². The molecule has 0 aliphatic carbocycles. The number of nitrogens with zero attached hydrogens (tertiary/aromatic N) is 3. The number of anilines is 2. The molecule has 0 saturated heterocycles. The van der Waals surface area contributed by atoms with Gasteiger partial charge in [-0.1, -0.05) is 6.92 Å². The Kier molecular flexibility index (Phi) is 4.35. The summed E-state index contributed by atoms with van der Waals surface area (Å²) in [5, 5.41) is 3.34. The topological polar surface area (TPSA) is 41.1 Å². The molecule has 0 amide bonds. The lowest BCUT2D eigenvalue weighted by molar-refractivity contribution is 0.551. The van der Waals surface area contributed by atoms with Gasteiger partial charge in [0.2, 0.25) is 5.95 Å². The molecule has 1 N–H and O–H groups in total. The van der Waals surface area contributed by atoms with Crippen LogP contribution in [0.1, 0.15) is 20.3 Å². The summed E-state index contributed by atoms with van der Waals surface area (Å²) in [5.74, 6) is 2.05. The molecule has 1 rings (SSSR count). The molecule has 0 saturated carbocycles. The second-order valence-corrected chi connectivity index (χ2v) is 4.58. The molecule has 5 heteroatoms. The highest BCUT2D eigenvalue weighted by molar-refractivity contribution is 6.18. The van der Waals surface area contributed by atoms with Crippen LogP contribution < -0.4 is 10.2 Å².